The van der Waals surface area contributed by atoms with Gasteiger partial charge in [0.25, 0.3) is 0 Å². The van der Waals surface area contributed by atoms with Crippen molar-refractivity contribution in [2.45, 2.75) is 13.3 Å². The van der Waals surface area contributed by atoms with Crippen LogP contribution in [0.4, 0.5) is 0 Å². The largest absolute Gasteiger partial charge is 0.193 e. The fourth-order valence-corrected chi connectivity index (χ4v) is 1.26. The van der Waals surface area contributed by atoms with Gasteiger partial charge in [-0.1, -0.05) is 43.3 Å². The molecule has 1 rings (SSSR count). The molecule has 1 atom stereocenters. The molecule has 0 heterocycles. The predicted molar refractivity (Wildman–Crippen MR) is 54.1 cm³/mol. The van der Waals surface area contributed by atoms with Crippen molar-refractivity contribution < 1.29 is 0 Å². The molecule has 13 heavy (non-hydrogen) atoms. The minimum atomic E-state index is 0.432. The fraction of sp³-hybridized carbons (Fsp3) is 0.250. The summed E-state index contributed by atoms with van der Waals surface area (Å²) in [5, 5.41) is 8.34. The zero-order valence-electron chi connectivity index (χ0n) is 7.77. The minimum absolute atomic E-state index is 0.432. The lowest BCUT2D eigenvalue weighted by molar-refractivity contribution is 0.724. The molecule has 66 valence electrons. The SMILES string of the molecule is C[C@@H](/C=C/C#N)Cc1ccccc1. The van der Waals surface area contributed by atoms with Gasteiger partial charge in [-0.3, -0.25) is 0 Å². The van der Waals surface area contributed by atoms with Gasteiger partial charge in [0.2, 0.25) is 0 Å². The lowest BCUT2D eigenvalue weighted by atomic mass is 10.0. The van der Waals surface area contributed by atoms with Crippen LogP contribution in [0.15, 0.2) is 42.5 Å². The summed E-state index contributed by atoms with van der Waals surface area (Å²) < 4.78 is 0. The highest BCUT2D eigenvalue weighted by Crippen LogP contribution is 2.08. The smallest absolute Gasteiger partial charge is 0.0908 e. The number of hydrogen-bond donors (Lipinski definition) is 0. The molecule has 0 unspecified atom stereocenters. The van der Waals surface area contributed by atoms with E-state index in [2.05, 4.69) is 19.1 Å². The molecule has 0 fully saturated rings. The standard InChI is InChI=1S/C12H13N/c1-11(6-5-9-13)10-12-7-3-2-4-8-12/h2-8,11H,10H2,1H3/b6-5+/t11-/m0/s1. The van der Waals surface area contributed by atoms with Crippen LogP contribution in [0.5, 0.6) is 0 Å². The molecule has 1 nitrogen and oxygen atoms in total. The third kappa shape index (κ3) is 3.57. The fourth-order valence-electron chi connectivity index (χ4n) is 1.26. The molecule has 0 radical (unpaired) electrons. The lowest BCUT2D eigenvalue weighted by Crippen LogP contribution is -1.94. The van der Waals surface area contributed by atoms with Crippen LogP contribution in [-0.2, 0) is 6.42 Å². The minimum Gasteiger partial charge on any atom is -0.193 e. The Morgan fingerprint density at radius 3 is 2.69 bits per heavy atom. The zero-order chi connectivity index (χ0) is 9.52. The Kier molecular flexibility index (Phi) is 3.78. The van der Waals surface area contributed by atoms with Crippen molar-refractivity contribution in [2.75, 3.05) is 0 Å². The summed E-state index contributed by atoms with van der Waals surface area (Å²) in [5.74, 6) is 0.432. The van der Waals surface area contributed by atoms with E-state index in [0.717, 1.165) is 6.42 Å². The molecule has 0 spiro atoms. The van der Waals surface area contributed by atoms with E-state index in [1.165, 1.54) is 5.56 Å². The molecule has 0 saturated carbocycles. The van der Waals surface area contributed by atoms with Crippen LogP contribution in [0.3, 0.4) is 0 Å². The highest BCUT2D eigenvalue weighted by atomic mass is 14.2. The van der Waals surface area contributed by atoms with E-state index < -0.39 is 0 Å². The van der Waals surface area contributed by atoms with Crippen LogP contribution in [0, 0.1) is 17.2 Å². The first-order chi connectivity index (χ1) is 6.33. The average Bonchev–Trinajstić information content (AvgIpc) is 2.16. The molecular formula is C12H13N. The van der Waals surface area contributed by atoms with E-state index in [-0.39, 0.29) is 0 Å². The molecular weight excluding hydrogens is 158 g/mol. The van der Waals surface area contributed by atoms with Gasteiger partial charge in [0.05, 0.1) is 6.07 Å². The number of allylic oxidation sites excluding steroid dienone is 2. The van der Waals surface area contributed by atoms with Gasteiger partial charge < -0.3 is 0 Å². The molecule has 1 aromatic carbocycles. The van der Waals surface area contributed by atoms with Crippen molar-refractivity contribution in [1.29, 1.82) is 5.26 Å². The average molecular weight is 171 g/mol. The summed E-state index contributed by atoms with van der Waals surface area (Å²) in [5.41, 5.74) is 1.32. The van der Waals surface area contributed by atoms with E-state index in [4.69, 9.17) is 5.26 Å². The maximum atomic E-state index is 8.34. The molecule has 0 amide bonds. The van der Waals surface area contributed by atoms with Gasteiger partial charge in [0, 0.05) is 6.08 Å². The van der Waals surface area contributed by atoms with Gasteiger partial charge in [-0.25, -0.2) is 0 Å². The van der Waals surface area contributed by atoms with Gasteiger partial charge in [0.1, 0.15) is 0 Å². The maximum Gasteiger partial charge on any atom is 0.0908 e. The van der Waals surface area contributed by atoms with Crippen LogP contribution in [0.25, 0.3) is 0 Å². The van der Waals surface area contributed by atoms with Crippen LogP contribution in [-0.4, -0.2) is 0 Å². The van der Waals surface area contributed by atoms with Gasteiger partial charge in [-0.2, -0.15) is 5.26 Å². The Morgan fingerprint density at radius 1 is 1.38 bits per heavy atom. The molecule has 0 bridgehead atoms. The number of nitrogens with zero attached hydrogens (tertiary/aromatic N) is 1. The molecule has 0 aliphatic carbocycles. The maximum absolute atomic E-state index is 8.34. The first-order valence-corrected chi connectivity index (χ1v) is 4.43. The van der Waals surface area contributed by atoms with Crippen LogP contribution in [0.1, 0.15) is 12.5 Å². The van der Waals surface area contributed by atoms with Crippen LogP contribution >= 0.6 is 0 Å². The molecule has 0 aliphatic heterocycles. The normalized spacial score (nSPS) is 12.6. The third-order valence-corrected chi connectivity index (χ3v) is 1.90. The monoisotopic (exact) mass is 171 g/mol. The van der Waals surface area contributed by atoms with Gasteiger partial charge in [-0.15, -0.1) is 0 Å². The van der Waals surface area contributed by atoms with Crippen molar-refractivity contribution in [2.24, 2.45) is 5.92 Å². The molecule has 0 aromatic heterocycles. The first kappa shape index (κ1) is 9.54. The van der Waals surface area contributed by atoms with E-state index in [1.54, 1.807) is 6.08 Å². The van der Waals surface area contributed by atoms with Crippen molar-refractivity contribution in [3.05, 3.63) is 48.0 Å². The first-order valence-electron chi connectivity index (χ1n) is 4.43. The van der Waals surface area contributed by atoms with Gasteiger partial charge in [-0.05, 0) is 17.9 Å². The van der Waals surface area contributed by atoms with E-state index in [9.17, 15) is 0 Å². The molecule has 1 aromatic rings. The van der Waals surface area contributed by atoms with E-state index >= 15 is 0 Å². The van der Waals surface area contributed by atoms with E-state index in [1.807, 2.05) is 30.3 Å². The quantitative estimate of drug-likeness (QED) is 0.641. The summed E-state index contributed by atoms with van der Waals surface area (Å²) in [7, 11) is 0. The van der Waals surface area contributed by atoms with Crippen molar-refractivity contribution in [1.82, 2.24) is 0 Å². The number of hydrogen-bond acceptors (Lipinski definition) is 1. The number of benzene rings is 1. The molecule has 0 aliphatic rings. The zero-order valence-corrected chi connectivity index (χ0v) is 7.77. The summed E-state index contributed by atoms with van der Waals surface area (Å²) >= 11 is 0. The van der Waals surface area contributed by atoms with Gasteiger partial charge in [0.15, 0.2) is 0 Å². The highest BCUT2D eigenvalue weighted by Gasteiger charge is 1.97. The summed E-state index contributed by atoms with van der Waals surface area (Å²) in [6.07, 6.45) is 4.49. The van der Waals surface area contributed by atoms with Crippen molar-refractivity contribution >= 4 is 0 Å². The Labute approximate surface area is 79.3 Å². The number of nitriles is 1. The van der Waals surface area contributed by atoms with Crippen molar-refractivity contribution in [3.8, 4) is 6.07 Å². The molecule has 0 N–H and O–H groups in total. The van der Waals surface area contributed by atoms with Crippen LogP contribution in [0.2, 0.25) is 0 Å². The van der Waals surface area contributed by atoms with E-state index in [0.29, 0.717) is 5.92 Å². The summed E-state index contributed by atoms with van der Waals surface area (Å²) in [4.78, 5) is 0. The Morgan fingerprint density at radius 2 is 2.08 bits per heavy atom. The second kappa shape index (κ2) is 5.16. The van der Waals surface area contributed by atoms with Gasteiger partial charge >= 0.3 is 0 Å². The summed E-state index contributed by atoms with van der Waals surface area (Å²) in [6, 6.07) is 12.3. The number of rotatable bonds is 3. The third-order valence-electron chi connectivity index (χ3n) is 1.90. The lowest BCUT2D eigenvalue weighted by Gasteiger charge is -2.04. The Hall–Kier alpha value is -1.55. The topological polar surface area (TPSA) is 23.8 Å². The Bertz CT molecular complexity index is 306. The second-order valence-corrected chi connectivity index (χ2v) is 3.16. The van der Waals surface area contributed by atoms with Crippen LogP contribution < -0.4 is 0 Å². The van der Waals surface area contributed by atoms with Crippen molar-refractivity contribution in [3.63, 3.8) is 0 Å². The Balaban J connectivity index is 2.51. The highest BCUT2D eigenvalue weighted by molar-refractivity contribution is 5.16. The second-order valence-electron chi connectivity index (χ2n) is 3.16. The molecule has 0 saturated heterocycles. The predicted octanol–water partition coefficient (Wildman–Crippen LogP) is 2.94. The summed E-state index contributed by atoms with van der Waals surface area (Å²) in [6.45, 7) is 2.11. The molecule has 1 heteroatoms.